The number of likely N-dealkylation sites (tertiary alicyclic amines) is 1. The number of nitrogens with zero attached hydrogens (tertiary/aromatic N) is 1. The van der Waals surface area contributed by atoms with Crippen molar-refractivity contribution in [1.29, 1.82) is 0 Å². The van der Waals surface area contributed by atoms with Gasteiger partial charge in [-0.2, -0.15) is 0 Å². The van der Waals surface area contributed by atoms with Crippen LogP contribution in [-0.2, 0) is 4.79 Å². The number of rotatable bonds is 3. The van der Waals surface area contributed by atoms with Gasteiger partial charge in [-0.25, -0.2) is 0 Å². The van der Waals surface area contributed by atoms with Crippen LogP contribution < -0.4 is 5.32 Å². The first-order chi connectivity index (χ1) is 8.56. The molecule has 98 valence electrons. The first-order valence-corrected chi connectivity index (χ1v) is 6.83. The van der Waals surface area contributed by atoms with Gasteiger partial charge < -0.3 is 5.32 Å². The third kappa shape index (κ3) is 3.37. The molecule has 0 spiro atoms. The third-order valence-corrected chi connectivity index (χ3v) is 3.63. The van der Waals surface area contributed by atoms with E-state index in [-0.39, 0.29) is 11.9 Å². The van der Waals surface area contributed by atoms with Crippen LogP contribution in [0, 0.1) is 0 Å². The van der Waals surface area contributed by atoms with E-state index in [2.05, 4.69) is 10.2 Å². The number of nitrogens with one attached hydrogen (secondary N) is 1. The molecule has 0 aliphatic carbocycles. The molecule has 1 heterocycles. The van der Waals surface area contributed by atoms with Crippen molar-refractivity contribution in [3.8, 4) is 0 Å². The number of amides is 1. The summed E-state index contributed by atoms with van der Waals surface area (Å²) < 4.78 is 0. The molecule has 0 radical (unpaired) electrons. The molecule has 1 amide bonds. The Morgan fingerprint density at radius 3 is 2.33 bits per heavy atom. The van der Waals surface area contributed by atoms with Gasteiger partial charge >= 0.3 is 0 Å². The standard InChI is InChI=1S/C13H16Cl2N2O/c1-9(17-4-2-3-5-17)13(18)16-12-7-10(14)6-11(15)8-12/h6-9H,2-5H2,1H3,(H,16,18)/t9-/m0/s1. The lowest BCUT2D eigenvalue weighted by Crippen LogP contribution is -2.40. The lowest BCUT2D eigenvalue weighted by Gasteiger charge is -2.22. The van der Waals surface area contributed by atoms with Gasteiger partial charge in [-0.05, 0) is 51.1 Å². The van der Waals surface area contributed by atoms with E-state index < -0.39 is 0 Å². The number of halogens is 2. The summed E-state index contributed by atoms with van der Waals surface area (Å²) in [5, 5.41) is 3.89. The number of hydrogen-bond acceptors (Lipinski definition) is 2. The second-order valence-electron chi connectivity index (χ2n) is 4.57. The van der Waals surface area contributed by atoms with Gasteiger partial charge in [0, 0.05) is 15.7 Å². The monoisotopic (exact) mass is 286 g/mol. The maximum atomic E-state index is 12.1. The average molecular weight is 287 g/mol. The smallest absolute Gasteiger partial charge is 0.241 e. The fourth-order valence-electron chi connectivity index (χ4n) is 2.17. The van der Waals surface area contributed by atoms with Gasteiger partial charge in [-0.3, -0.25) is 9.69 Å². The van der Waals surface area contributed by atoms with Crippen LogP contribution in [0.5, 0.6) is 0 Å². The van der Waals surface area contributed by atoms with Gasteiger partial charge in [0.1, 0.15) is 0 Å². The Bertz CT molecular complexity index is 424. The molecule has 0 aromatic heterocycles. The van der Waals surface area contributed by atoms with E-state index in [0.29, 0.717) is 15.7 Å². The quantitative estimate of drug-likeness (QED) is 0.924. The molecular weight excluding hydrogens is 271 g/mol. The van der Waals surface area contributed by atoms with Gasteiger partial charge in [0.2, 0.25) is 5.91 Å². The molecule has 1 N–H and O–H groups in total. The summed E-state index contributed by atoms with van der Waals surface area (Å²) in [4.78, 5) is 14.3. The minimum atomic E-state index is -0.120. The molecule has 5 heteroatoms. The van der Waals surface area contributed by atoms with Crippen molar-refractivity contribution in [3.63, 3.8) is 0 Å². The number of benzene rings is 1. The first-order valence-electron chi connectivity index (χ1n) is 6.07. The maximum absolute atomic E-state index is 12.1. The minimum Gasteiger partial charge on any atom is -0.325 e. The Balaban J connectivity index is 2.01. The zero-order chi connectivity index (χ0) is 13.1. The van der Waals surface area contributed by atoms with Crippen LogP contribution in [0.3, 0.4) is 0 Å². The summed E-state index contributed by atoms with van der Waals surface area (Å²) in [6.45, 7) is 3.91. The fraction of sp³-hybridized carbons (Fsp3) is 0.462. The second kappa shape index (κ2) is 5.91. The Hall–Kier alpha value is -0.770. The Kier molecular flexibility index (Phi) is 4.49. The summed E-state index contributed by atoms with van der Waals surface area (Å²) in [6.07, 6.45) is 2.33. The van der Waals surface area contributed by atoms with E-state index in [1.54, 1.807) is 18.2 Å². The van der Waals surface area contributed by atoms with Crippen molar-refractivity contribution < 1.29 is 4.79 Å². The van der Waals surface area contributed by atoms with E-state index in [1.165, 1.54) is 12.8 Å². The van der Waals surface area contributed by atoms with E-state index in [9.17, 15) is 4.79 Å². The summed E-state index contributed by atoms with van der Waals surface area (Å²) in [6, 6.07) is 4.91. The van der Waals surface area contributed by atoms with E-state index in [4.69, 9.17) is 23.2 Å². The molecule has 1 aliphatic heterocycles. The van der Waals surface area contributed by atoms with Crippen LogP contribution >= 0.6 is 23.2 Å². The van der Waals surface area contributed by atoms with Crippen molar-refractivity contribution in [2.45, 2.75) is 25.8 Å². The Labute approximate surface area is 117 Å². The number of carbonyl (C=O) groups is 1. The predicted octanol–water partition coefficient (Wildman–Crippen LogP) is 3.42. The fourth-order valence-corrected chi connectivity index (χ4v) is 2.69. The van der Waals surface area contributed by atoms with Gasteiger partial charge in [0.05, 0.1) is 6.04 Å². The van der Waals surface area contributed by atoms with Crippen LogP contribution in [0.2, 0.25) is 10.0 Å². The molecule has 18 heavy (non-hydrogen) atoms. The van der Waals surface area contributed by atoms with Crippen LogP contribution in [0.25, 0.3) is 0 Å². The van der Waals surface area contributed by atoms with E-state index >= 15 is 0 Å². The molecule has 1 aliphatic rings. The van der Waals surface area contributed by atoms with Crippen LogP contribution in [-0.4, -0.2) is 29.9 Å². The van der Waals surface area contributed by atoms with Gasteiger partial charge in [-0.15, -0.1) is 0 Å². The molecule has 1 aromatic rings. The topological polar surface area (TPSA) is 32.3 Å². The number of carbonyl (C=O) groups excluding carboxylic acids is 1. The normalized spacial score (nSPS) is 17.7. The van der Waals surface area contributed by atoms with Crippen molar-refractivity contribution in [1.82, 2.24) is 4.90 Å². The van der Waals surface area contributed by atoms with Crippen LogP contribution in [0.15, 0.2) is 18.2 Å². The summed E-state index contributed by atoms with van der Waals surface area (Å²) >= 11 is 11.8. The Morgan fingerprint density at radius 1 is 1.22 bits per heavy atom. The molecule has 1 saturated heterocycles. The van der Waals surface area contributed by atoms with Crippen molar-refractivity contribution in [3.05, 3.63) is 28.2 Å². The van der Waals surface area contributed by atoms with Crippen LogP contribution in [0.1, 0.15) is 19.8 Å². The van der Waals surface area contributed by atoms with Crippen molar-refractivity contribution in [2.75, 3.05) is 18.4 Å². The molecule has 1 aromatic carbocycles. The van der Waals surface area contributed by atoms with E-state index in [1.807, 2.05) is 6.92 Å². The molecular formula is C13H16Cl2N2O. The highest BCUT2D eigenvalue weighted by Gasteiger charge is 2.23. The van der Waals surface area contributed by atoms with Crippen molar-refractivity contribution in [2.24, 2.45) is 0 Å². The minimum absolute atomic E-state index is 0.0183. The first kappa shape index (κ1) is 13.7. The molecule has 2 rings (SSSR count). The summed E-state index contributed by atoms with van der Waals surface area (Å²) in [7, 11) is 0. The maximum Gasteiger partial charge on any atom is 0.241 e. The lowest BCUT2D eigenvalue weighted by atomic mass is 10.2. The van der Waals surface area contributed by atoms with Crippen molar-refractivity contribution >= 4 is 34.8 Å². The van der Waals surface area contributed by atoms with E-state index in [0.717, 1.165) is 13.1 Å². The second-order valence-corrected chi connectivity index (χ2v) is 5.44. The molecule has 0 bridgehead atoms. The largest absolute Gasteiger partial charge is 0.325 e. The molecule has 3 nitrogen and oxygen atoms in total. The zero-order valence-corrected chi connectivity index (χ0v) is 11.8. The summed E-state index contributed by atoms with van der Waals surface area (Å²) in [5.74, 6) is -0.0183. The zero-order valence-electron chi connectivity index (χ0n) is 10.2. The number of hydrogen-bond donors (Lipinski definition) is 1. The highest BCUT2D eigenvalue weighted by Crippen LogP contribution is 2.23. The molecule has 0 saturated carbocycles. The number of anilines is 1. The predicted molar refractivity (Wildman–Crippen MR) is 75.4 cm³/mol. The third-order valence-electron chi connectivity index (χ3n) is 3.20. The molecule has 0 unspecified atom stereocenters. The van der Waals surface area contributed by atoms with Gasteiger partial charge in [0.25, 0.3) is 0 Å². The SMILES string of the molecule is C[C@@H](C(=O)Nc1cc(Cl)cc(Cl)c1)N1CCCC1. The molecule has 1 fully saturated rings. The average Bonchev–Trinajstić information content (AvgIpc) is 2.79. The highest BCUT2D eigenvalue weighted by molar-refractivity contribution is 6.35. The molecule has 1 atom stereocenters. The highest BCUT2D eigenvalue weighted by atomic mass is 35.5. The van der Waals surface area contributed by atoms with Crippen LogP contribution in [0.4, 0.5) is 5.69 Å². The van der Waals surface area contributed by atoms with Gasteiger partial charge in [0.15, 0.2) is 0 Å². The lowest BCUT2D eigenvalue weighted by molar-refractivity contribution is -0.120. The Morgan fingerprint density at radius 2 is 1.78 bits per heavy atom. The van der Waals surface area contributed by atoms with Gasteiger partial charge in [-0.1, -0.05) is 23.2 Å². The summed E-state index contributed by atoms with van der Waals surface area (Å²) in [5.41, 5.74) is 0.642.